The van der Waals surface area contributed by atoms with Gasteiger partial charge in [-0.15, -0.1) is 0 Å². The van der Waals surface area contributed by atoms with Gasteiger partial charge in [-0.05, 0) is 38.7 Å². The molecule has 11 heteroatoms. The Morgan fingerprint density at radius 1 is 1.09 bits per heavy atom. The normalized spacial score (nSPS) is 11.8. The average molecular weight is 469 g/mol. The lowest BCUT2D eigenvalue weighted by Gasteiger charge is -2.10. The van der Waals surface area contributed by atoms with Crippen LogP contribution in [0.3, 0.4) is 0 Å². The van der Waals surface area contributed by atoms with E-state index in [2.05, 4.69) is 35.1 Å². The fourth-order valence-corrected chi connectivity index (χ4v) is 4.19. The van der Waals surface area contributed by atoms with Crippen molar-refractivity contribution in [3.05, 3.63) is 66.5 Å². The van der Waals surface area contributed by atoms with Gasteiger partial charge in [-0.25, -0.2) is 19.3 Å². The number of hydrogen-bond acceptors (Lipinski definition) is 7. The highest BCUT2D eigenvalue weighted by atomic mass is 19.1. The second-order valence-corrected chi connectivity index (χ2v) is 8.64. The van der Waals surface area contributed by atoms with Gasteiger partial charge in [0.05, 0.1) is 34.8 Å². The first-order valence-electron chi connectivity index (χ1n) is 11.0. The zero-order valence-electron chi connectivity index (χ0n) is 19.3. The number of nitrogens with zero attached hydrogens (tertiary/aromatic N) is 8. The SMILES string of the molecule is Cc1cn(-c2ccnc3[nH]c(-c4n[nH]c5cnc(-c6cncc(CN(C)C)c6)c(F)c45)nc23)cn1. The molecule has 0 atom stereocenters. The third-order valence-corrected chi connectivity index (χ3v) is 5.69. The number of halogens is 1. The molecule has 10 nitrogen and oxygen atoms in total. The van der Waals surface area contributed by atoms with Gasteiger partial charge >= 0.3 is 0 Å². The Bertz CT molecular complexity index is 1690. The monoisotopic (exact) mass is 468 g/mol. The molecule has 0 unspecified atom stereocenters. The molecule has 0 saturated carbocycles. The molecule has 0 amide bonds. The highest BCUT2D eigenvalue weighted by molar-refractivity contribution is 5.95. The average Bonchev–Trinajstić information content (AvgIpc) is 3.56. The van der Waals surface area contributed by atoms with E-state index < -0.39 is 5.82 Å². The molecule has 174 valence electrons. The van der Waals surface area contributed by atoms with Gasteiger partial charge in [0.1, 0.15) is 16.9 Å². The smallest absolute Gasteiger partial charge is 0.161 e. The van der Waals surface area contributed by atoms with Gasteiger partial charge in [0.25, 0.3) is 0 Å². The van der Waals surface area contributed by atoms with E-state index >= 15 is 4.39 Å². The van der Waals surface area contributed by atoms with Gasteiger partial charge in [-0.1, -0.05) is 0 Å². The Hall–Kier alpha value is -4.51. The summed E-state index contributed by atoms with van der Waals surface area (Å²) in [5, 5.41) is 7.52. The third kappa shape index (κ3) is 3.62. The number of pyridine rings is 3. The highest BCUT2D eigenvalue weighted by Gasteiger charge is 2.21. The van der Waals surface area contributed by atoms with Crippen LogP contribution < -0.4 is 0 Å². The molecule has 0 radical (unpaired) electrons. The summed E-state index contributed by atoms with van der Waals surface area (Å²) in [7, 11) is 3.94. The maximum Gasteiger partial charge on any atom is 0.161 e. The summed E-state index contributed by atoms with van der Waals surface area (Å²) in [5.74, 6) is -0.0903. The molecule has 0 aromatic carbocycles. The van der Waals surface area contributed by atoms with Crippen LogP contribution in [-0.4, -0.2) is 63.7 Å². The van der Waals surface area contributed by atoms with Crippen molar-refractivity contribution in [2.24, 2.45) is 0 Å². The minimum absolute atomic E-state index is 0.206. The molecule has 6 aromatic heterocycles. The summed E-state index contributed by atoms with van der Waals surface area (Å²) in [5.41, 5.74) is 5.48. The maximum atomic E-state index is 15.9. The van der Waals surface area contributed by atoms with Crippen LogP contribution in [0.5, 0.6) is 0 Å². The summed E-state index contributed by atoms with van der Waals surface area (Å²) < 4.78 is 17.8. The number of H-pyrrole nitrogens is 2. The summed E-state index contributed by atoms with van der Waals surface area (Å²) in [6.07, 6.45) is 10.3. The molecule has 2 N–H and O–H groups in total. The fraction of sp³-hybridized carbons (Fsp3) is 0.167. The van der Waals surface area contributed by atoms with E-state index in [1.54, 1.807) is 31.1 Å². The first kappa shape index (κ1) is 21.1. The predicted molar refractivity (Wildman–Crippen MR) is 129 cm³/mol. The van der Waals surface area contributed by atoms with Crippen molar-refractivity contribution in [2.45, 2.75) is 13.5 Å². The zero-order chi connectivity index (χ0) is 24.1. The molecule has 0 spiro atoms. The molecule has 6 rings (SSSR count). The first-order valence-corrected chi connectivity index (χ1v) is 11.0. The lowest BCUT2D eigenvalue weighted by molar-refractivity contribution is 0.402. The summed E-state index contributed by atoms with van der Waals surface area (Å²) in [6, 6.07) is 3.75. The van der Waals surface area contributed by atoms with E-state index in [9.17, 15) is 0 Å². The number of rotatable bonds is 5. The first-order chi connectivity index (χ1) is 17.0. The van der Waals surface area contributed by atoms with Crippen LogP contribution in [0.1, 0.15) is 11.3 Å². The molecule has 0 aliphatic rings. The molecule has 0 bridgehead atoms. The van der Waals surface area contributed by atoms with E-state index in [4.69, 9.17) is 4.98 Å². The Balaban J connectivity index is 1.49. The predicted octanol–water partition coefficient (Wildman–Crippen LogP) is 3.65. The molecule has 0 saturated heterocycles. The van der Waals surface area contributed by atoms with Gasteiger partial charge in [0.2, 0.25) is 0 Å². The van der Waals surface area contributed by atoms with Crippen LogP contribution in [0.15, 0.2) is 49.4 Å². The van der Waals surface area contributed by atoms with Crippen molar-refractivity contribution in [1.29, 1.82) is 0 Å². The minimum atomic E-state index is -0.492. The number of nitrogens with one attached hydrogen (secondary N) is 2. The molecule has 0 fully saturated rings. The Kier molecular flexibility index (Phi) is 4.85. The van der Waals surface area contributed by atoms with E-state index in [0.717, 1.165) is 16.9 Å². The van der Waals surface area contributed by atoms with Gasteiger partial charge < -0.3 is 14.5 Å². The van der Waals surface area contributed by atoms with Gasteiger partial charge in [-0.3, -0.25) is 15.1 Å². The van der Waals surface area contributed by atoms with Crippen LogP contribution in [0, 0.1) is 12.7 Å². The fourth-order valence-electron chi connectivity index (χ4n) is 4.19. The van der Waals surface area contributed by atoms with Gasteiger partial charge in [0.15, 0.2) is 17.3 Å². The van der Waals surface area contributed by atoms with Crippen LogP contribution in [0.4, 0.5) is 4.39 Å². The second kappa shape index (κ2) is 8.06. The van der Waals surface area contributed by atoms with Crippen molar-refractivity contribution >= 4 is 22.1 Å². The standard InChI is InChI=1S/C24H21FN10/c1-13-10-35(12-29-13)17-4-5-27-23-21(17)30-24(31-23)22-18-16(32-33-22)9-28-20(19(18)25)15-6-14(7-26-8-15)11-34(2)3/h4-10,12H,11H2,1-3H3,(H,32,33)(H,27,30,31). The number of fused-ring (bicyclic) bond motifs is 2. The van der Waals surface area contributed by atoms with E-state index in [1.165, 1.54) is 0 Å². The van der Waals surface area contributed by atoms with Crippen LogP contribution in [0.2, 0.25) is 0 Å². The molecule has 6 aromatic rings. The van der Waals surface area contributed by atoms with Gasteiger partial charge in [-0.2, -0.15) is 5.10 Å². The Labute approximate surface area is 198 Å². The number of aryl methyl sites for hydroxylation is 1. The minimum Gasteiger partial charge on any atom is -0.321 e. The van der Waals surface area contributed by atoms with Crippen LogP contribution in [0.25, 0.3) is 50.5 Å². The van der Waals surface area contributed by atoms with Crippen LogP contribution in [-0.2, 0) is 6.54 Å². The summed E-state index contributed by atoms with van der Waals surface area (Å²) >= 11 is 0. The zero-order valence-corrected chi connectivity index (χ0v) is 19.3. The van der Waals surface area contributed by atoms with Gasteiger partial charge in [0, 0.05) is 36.9 Å². The lowest BCUT2D eigenvalue weighted by Crippen LogP contribution is -2.10. The van der Waals surface area contributed by atoms with Crippen molar-refractivity contribution in [3.8, 4) is 28.5 Å². The second-order valence-electron chi connectivity index (χ2n) is 8.64. The number of aromatic nitrogens is 9. The van der Waals surface area contributed by atoms with E-state index in [-0.39, 0.29) is 5.69 Å². The summed E-state index contributed by atoms with van der Waals surface area (Å²) in [6.45, 7) is 2.60. The highest BCUT2D eigenvalue weighted by Crippen LogP contribution is 2.33. The van der Waals surface area contributed by atoms with Crippen LogP contribution >= 0.6 is 0 Å². The number of hydrogen-bond donors (Lipinski definition) is 2. The van der Waals surface area contributed by atoms with Crippen molar-refractivity contribution in [1.82, 2.24) is 49.6 Å². The maximum absolute atomic E-state index is 15.9. The Morgan fingerprint density at radius 2 is 1.97 bits per heavy atom. The quantitative estimate of drug-likeness (QED) is 0.397. The molecule has 35 heavy (non-hydrogen) atoms. The summed E-state index contributed by atoms with van der Waals surface area (Å²) in [4.78, 5) is 27.3. The van der Waals surface area contributed by atoms with E-state index in [1.807, 2.05) is 48.8 Å². The number of imidazole rings is 2. The molecule has 0 aliphatic heterocycles. The molecule has 6 heterocycles. The van der Waals surface area contributed by atoms with Crippen molar-refractivity contribution in [3.63, 3.8) is 0 Å². The van der Waals surface area contributed by atoms with Crippen molar-refractivity contribution < 1.29 is 4.39 Å². The molecular formula is C24H21FN10. The lowest BCUT2D eigenvalue weighted by atomic mass is 10.1. The Morgan fingerprint density at radius 3 is 2.77 bits per heavy atom. The third-order valence-electron chi connectivity index (χ3n) is 5.69. The molecule has 0 aliphatic carbocycles. The topological polar surface area (TPSA) is 117 Å². The van der Waals surface area contributed by atoms with E-state index in [0.29, 0.717) is 45.7 Å². The number of aromatic amines is 2. The largest absolute Gasteiger partial charge is 0.321 e. The van der Waals surface area contributed by atoms with Crippen molar-refractivity contribution in [2.75, 3.05) is 14.1 Å². The molecular weight excluding hydrogens is 447 g/mol.